The maximum Gasteiger partial charge on any atom is 0.269 e. The number of hydrogen-bond donors (Lipinski definition) is 0. The van der Waals surface area contributed by atoms with Crippen molar-refractivity contribution in [2.24, 2.45) is 0 Å². The highest BCUT2D eigenvalue weighted by molar-refractivity contribution is 7.80. The van der Waals surface area contributed by atoms with E-state index in [9.17, 15) is 10.1 Å². The summed E-state index contributed by atoms with van der Waals surface area (Å²) in [6.45, 7) is 2.02. The summed E-state index contributed by atoms with van der Waals surface area (Å²) in [5, 5.41) is 14.0. The van der Waals surface area contributed by atoms with Gasteiger partial charge >= 0.3 is 0 Å². The minimum atomic E-state index is -0.412. The first-order valence-corrected chi connectivity index (χ1v) is 8.99. The fraction of sp³-hybridized carbons (Fsp3) is 0.125. The number of benzene rings is 1. The average Bonchev–Trinajstić information content (AvgIpc) is 3.20. The monoisotopic (exact) mass is 376 g/mol. The van der Waals surface area contributed by atoms with Gasteiger partial charge in [0.05, 0.1) is 22.6 Å². The van der Waals surface area contributed by atoms with Crippen molar-refractivity contribution in [2.75, 3.05) is 7.11 Å². The molecule has 1 aromatic carbocycles. The molecule has 0 aliphatic rings. The van der Waals surface area contributed by atoms with E-state index >= 15 is 0 Å². The Morgan fingerprint density at radius 3 is 2.67 bits per heavy atom. The lowest BCUT2D eigenvalue weighted by molar-refractivity contribution is -0.384. The molecule has 0 saturated carbocycles. The molecule has 3 aromatic rings. The molecule has 0 unspecified atom stereocenters. The van der Waals surface area contributed by atoms with Gasteiger partial charge in [0.1, 0.15) is 5.01 Å². The Morgan fingerprint density at radius 1 is 1.33 bits per heavy atom. The number of aryl methyl sites for hydroxylation is 1. The van der Waals surface area contributed by atoms with Crippen LogP contribution in [0.3, 0.4) is 0 Å². The van der Waals surface area contributed by atoms with Crippen LogP contribution in [0.5, 0.6) is 0 Å². The van der Waals surface area contributed by atoms with Crippen molar-refractivity contribution in [3.8, 4) is 21.8 Å². The standard InChI is InChI=1S/C16H12N2O3S3/c1-9-12(7-14(24-9)16(22)21-2)15-17-13(8-23-15)10-3-5-11(6-4-10)18(19)20/h3-8H,1-2H3. The van der Waals surface area contributed by atoms with Gasteiger partial charge in [-0.05, 0) is 37.3 Å². The van der Waals surface area contributed by atoms with E-state index in [1.807, 2.05) is 18.4 Å². The number of aromatic nitrogens is 1. The smallest absolute Gasteiger partial charge is 0.269 e. The topological polar surface area (TPSA) is 65.3 Å². The van der Waals surface area contributed by atoms with Crippen LogP contribution in [-0.4, -0.2) is 22.1 Å². The molecule has 0 fully saturated rings. The van der Waals surface area contributed by atoms with Crippen molar-refractivity contribution >= 4 is 45.6 Å². The van der Waals surface area contributed by atoms with Crippen LogP contribution in [-0.2, 0) is 4.74 Å². The van der Waals surface area contributed by atoms with Gasteiger partial charge in [-0.3, -0.25) is 10.1 Å². The normalized spacial score (nSPS) is 10.6. The summed E-state index contributed by atoms with van der Waals surface area (Å²) in [4.78, 5) is 17.0. The van der Waals surface area contributed by atoms with Gasteiger partial charge in [-0.1, -0.05) is 0 Å². The highest BCUT2D eigenvalue weighted by atomic mass is 32.1. The van der Waals surface area contributed by atoms with E-state index in [4.69, 9.17) is 17.0 Å². The Kier molecular flexibility index (Phi) is 4.70. The molecule has 0 bridgehead atoms. The van der Waals surface area contributed by atoms with Gasteiger partial charge in [0.15, 0.2) is 0 Å². The number of nitro groups is 1. The van der Waals surface area contributed by atoms with Crippen LogP contribution in [0.15, 0.2) is 35.7 Å². The molecule has 0 amide bonds. The number of thiazole rings is 1. The molecule has 0 aliphatic heterocycles. The molecule has 0 aliphatic carbocycles. The van der Waals surface area contributed by atoms with E-state index in [0.717, 1.165) is 31.6 Å². The summed E-state index contributed by atoms with van der Waals surface area (Å²) in [6, 6.07) is 8.38. The van der Waals surface area contributed by atoms with Crippen LogP contribution in [0.2, 0.25) is 0 Å². The fourth-order valence-electron chi connectivity index (χ4n) is 2.18. The highest BCUT2D eigenvalue weighted by Crippen LogP contribution is 2.35. The van der Waals surface area contributed by atoms with Gasteiger partial charge in [-0.2, -0.15) is 0 Å². The maximum absolute atomic E-state index is 10.7. The van der Waals surface area contributed by atoms with E-state index in [0.29, 0.717) is 5.05 Å². The average molecular weight is 376 g/mol. The third-order valence-corrected chi connectivity index (χ3v) is 5.85. The molecule has 8 heteroatoms. The molecule has 24 heavy (non-hydrogen) atoms. The fourth-order valence-corrected chi connectivity index (χ4v) is 4.27. The van der Waals surface area contributed by atoms with Crippen molar-refractivity contribution in [2.45, 2.75) is 6.92 Å². The van der Waals surface area contributed by atoms with Crippen molar-refractivity contribution in [1.29, 1.82) is 0 Å². The predicted molar refractivity (Wildman–Crippen MR) is 101 cm³/mol. The van der Waals surface area contributed by atoms with Crippen LogP contribution in [0.4, 0.5) is 5.69 Å². The van der Waals surface area contributed by atoms with Gasteiger partial charge in [0, 0.05) is 33.5 Å². The van der Waals surface area contributed by atoms with E-state index in [1.54, 1.807) is 30.6 Å². The third-order valence-electron chi connectivity index (χ3n) is 3.41. The largest absolute Gasteiger partial charge is 0.486 e. The SMILES string of the molecule is COC(=S)c1cc(-c2nc(-c3ccc([N+](=O)[O-])cc3)cs2)c(C)s1. The van der Waals surface area contributed by atoms with Gasteiger partial charge in [0.25, 0.3) is 5.69 Å². The number of thiocarbonyl (C=S) groups is 1. The maximum atomic E-state index is 10.7. The van der Waals surface area contributed by atoms with E-state index in [1.165, 1.54) is 23.5 Å². The van der Waals surface area contributed by atoms with Crippen LogP contribution in [0, 0.1) is 17.0 Å². The van der Waals surface area contributed by atoms with E-state index < -0.39 is 4.92 Å². The molecule has 0 atom stereocenters. The van der Waals surface area contributed by atoms with Crippen molar-refractivity contribution in [3.05, 3.63) is 55.6 Å². The predicted octanol–water partition coefficient (Wildman–Crippen LogP) is 5.08. The molecule has 122 valence electrons. The molecular formula is C16H12N2O3S3. The van der Waals surface area contributed by atoms with Crippen LogP contribution in [0.25, 0.3) is 21.8 Å². The number of rotatable bonds is 4. The molecule has 0 spiro atoms. The summed E-state index contributed by atoms with van der Waals surface area (Å²) in [7, 11) is 1.56. The highest BCUT2D eigenvalue weighted by Gasteiger charge is 2.15. The van der Waals surface area contributed by atoms with Crippen LogP contribution in [0.1, 0.15) is 9.75 Å². The Hall–Kier alpha value is -2.16. The Labute approximate surface area is 151 Å². The lowest BCUT2D eigenvalue weighted by Crippen LogP contribution is -1.94. The zero-order chi connectivity index (χ0) is 17.3. The Bertz CT molecular complexity index is 913. The zero-order valence-corrected chi connectivity index (χ0v) is 15.3. The molecule has 5 nitrogen and oxygen atoms in total. The Balaban J connectivity index is 1.92. The van der Waals surface area contributed by atoms with Crippen LogP contribution >= 0.6 is 34.9 Å². The summed E-state index contributed by atoms with van der Waals surface area (Å²) >= 11 is 8.29. The van der Waals surface area contributed by atoms with E-state index in [2.05, 4.69) is 4.98 Å². The summed E-state index contributed by atoms with van der Waals surface area (Å²) in [5.74, 6) is 0. The lowest BCUT2D eigenvalue weighted by Gasteiger charge is -1.97. The summed E-state index contributed by atoms with van der Waals surface area (Å²) in [5.41, 5.74) is 2.75. The summed E-state index contributed by atoms with van der Waals surface area (Å²) < 4.78 is 5.12. The number of nitro benzene ring substituents is 1. The summed E-state index contributed by atoms with van der Waals surface area (Å²) in [6.07, 6.45) is 0. The first-order chi connectivity index (χ1) is 11.5. The van der Waals surface area contributed by atoms with Crippen molar-refractivity contribution < 1.29 is 9.66 Å². The number of nitrogens with zero attached hydrogens (tertiary/aromatic N) is 2. The molecule has 2 aromatic heterocycles. The number of ether oxygens (including phenoxy) is 1. The van der Waals surface area contributed by atoms with E-state index in [-0.39, 0.29) is 5.69 Å². The second-order valence-corrected chi connectivity index (χ2v) is 7.40. The third kappa shape index (κ3) is 3.21. The number of hydrogen-bond acceptors (Lipinski definition) is 7. The minimum absolute atomic E-state index is 0.0700. The molecule has 2 heterocycles. The van der Waals surface area contributed by atoms with Crippen molar-refractivity contribution in [1.82, 2.24) is 4.98 Å². The second-order valence-electron chi connectivity index (χ2n) is 4.91. The lowest BCUT2D eigenvalue weighted by atomic mass is 10.1. The van der Waals surface area contributed by atoms with Crippen LogP contribution < -0.4 is 0 Å². The zero-order valence-electron chi connectivity index (χ0n) is 12.8. The molecular weight excluding hydrogens is 364 g/mol. The van der Waals surface area contributed by atoms with Gasteiger partial charge < -0.3 is 4.74 Å². The number of methoxy groups -OCH3 is 1. The molecule has 0 N–H and O–H groups in total. The minimum Gasteiger partial charge on any atom is -0.486 e. The quantitative estimate of drug-likeness (QED) is 0.361. The first kappa shape index (κ1) is 16.7. The number of thiophene rings is 1. The number of non-ortho nitro benzene ring substituents is 1. The van der Waals surface area contributed by atoms with Gasteiger partial charge in [0.2, 0.25) is 5.05 Å². The molecule has 0 saturated heterocycles. The van der Waals surface area contributed by atoms with Gasteiger partial charge in [-0.25, -0.2) is 4.98 Å². The Morgan fingerprint density at radius 2 is 2.04 bits per heavy atom. The first-order valence-electron chi connectivity index (χ1n) is 6.89. The van der Waals surface area contributed by atoms with Crippen molar-refractivity contribution in [3.63, 3.8) is 0 Å². The molecule has 3 rings (SSSR count). The van der Waals surface area contributed by atoms with Gasteiger partial charge in [-0.15, -0.1) is 22.7 Å². The second kappa shape index (κ2) is 6.76. The molecule has 0 radical (unpaired) electrons.